The van der Waals surface area contributed by atoms with Crippen molar-refractivity contribution in [2.75, 3.05) is 13.1 Å². The molecule has 0 heterocycles. The van der Waals surface area contributed by atoms with Crippen LogP contribution in [0.2, 0.25) is 0 Å². The molecular weight excluding hydrogens is 152 g/mol. The van der Waals surface area contributed by atoms with Crippen LogP contribution in [0, 0.1) is 16.7 Å². The van der Waals surface area contributed by atoms with Gasteiger partial charge in [-0.15, -0.1) is 0 Å². The third-order valence-electron chi connectivity index (χ3n) is 1.43. The van der Waals surface area contributed by atoms with E-state index < -0.39 is 0 Å². The van der Waals surface area contributed by atoms with Crippen LogP contribution in [0.15, 0.2) is 0 Å². The molecule has 0 spiro atoms. The molecule has 0 saturated carbocycles. The number of hydrogen-bond donors (Lipinski definition) is 2. The molecule has 70 valence electrons. The highest BCUT2D eigenvalue weighted by Crippen LogP contribution is 2.20. The van der Waals surface area contributed by atoms with Crippen molar-refractivity contribution in [1.82, 2.24) is 5.32 Å². The number of nitrogens with one attached hydrogen (secondary N) is 1. The highest BCUT2D eigenvalue weighted by atomic mass is 16.3. The Bertz CT molecular complexity index is 155. The highest BCUT2D eigenvalue weighted by Gasteiger charge is 2.15. The predicted molar refractivity (Wildman–Crippen MR) is 48.6 cm³/mol. The summed E-state index contributed by atoms with van der Waals surface area (Å²) in [6.45, 7) is 7.06. The van der Waals surface area contributed by atoms with Gasteiger partial charge in [-0.1, -0.05) is 20.8 Å². The molecular formula is C9H18N2O. The summed E-state index contributed by atoms with van der Waals surface area (Å²) < 4.78 is 0. The van der Waals surface area contributed by atoms with Gasteiger partial charge in [0.25, 0.3) is 0 Å². The minimum atomic E-state index is -0.349. The zero-order chi connectivity index (χ0) is 9.61. The van der Waals surface area contributed by atoms with Crippen LogP contribution in [0.1, 0.15) is 27.2 Å². The molecule has 0 fully saturated rings. The Labute approximate surface area is 74.4 Å². The number of aliphatic hydroxyl groups is 1. The van der Waals surface area contributed by atoms with Gasteiger partial charge in [0.1, 0.15) is 0 Å². The number of rotatable bonds is 4. The second-order valence-electron chi connectivity index (χ2n) is 4.21. The lowest BCUT2D eigenvalue weighted by Crippen LogP contribution is -2.30. The van der Waals surface area contributed by atoms with Gasteiger partial charge in [0.05, 0.1) is 18.7 Å². The molecule has 0 aromatic carbocycles. The second-order valence-corrected chi connectivity index (χ2v) is 4.21. The summed E-state index contributed by atoms with van der Waals surface area (Å²) in [5, 5.41) is 20.5. The fourth-order valence-corrected chi connectivity index (χ4v) is 1.07. The molecule has 3 nitrogen and oxygen atoms in total. The zero-order valence-corrected chi connectivity index (χ0v) is 8.09. The number of aliphatic hydroxyl groups excluding tert-OH is 1. The van der Waals surface area contributed by atoms with E-state index in [4.69, 9.17) is 5.26 Å². The SMILES string of the molecule is CC(C)(C)CC(O)CNCC#N. The van der Waals surface area contributed by atoms with Crippen molar-refractivity contribution in [3.63, 3.8) is 0 Å². The molecule has 0 radical (unpaired) electrons. The number of hydrogen-bond acceptors (Lipinski definition) is 3. The normalized spacial score (nSPS) is 13.9. The van der Waals surface area contributed by atoms with E-state index in [2.05, 4.69) is 26.1 Å². The van der Waals surface area contributed by atoms with E-state index in [0.29, 0.717) is 13.1 Å². The van der Waals surface area contributed by atoms with Gasteiger partial charge in [0.2, 0.25) is 0 Å². The molecule has 3 heteroatoms. The molecule has 0 aromatic heterocycles. The maximum atomic E-state index is 9.44. The van der Waals surface area contributed by atoms with E-state index in [-0.39, 0.29) is 11.5 Å². The molecule has 0 aliphatic rings. The van der Waals surface area contributed by atoms with Gasteiger partial charge in [-0.3, -0.25) is 0 Å². The van der Waals surface area contributed by atoms with E-state index in [9.17, 15) is 5.11 Å². The minimum Gasteiger partial charge on any atom is -0.392 e. The van der Waals surface area contributed by atoms with E-state index in [1.54, 1.807) is 0 Å². The van der Waals surface area contributed by atoms with Gasteiger partial charge in [-0.25, -0.2) is 0 Å². The zero-order valence-electron chi connectivity index (χ0n) is 8.09. The summed E-state index contributed by atoms with van der Waals surface area (Å²) in [4.78, 5) is 0. The molecule has 0 bridgehead atoms. The molecule has 0 aliphatic heterocycles. The molecule has 0 saturated heterocycles. The Balaban J connectivity index is 3.48. The van der Waals surface area contributed by atoms with Crippen LogP contribution in [-0.2, 0) is 0 Å². The van der Waals surface area contributed by atoms with Crippen LogP contribution in [-0.4, -0.2) is 24.3 Å². The van der Waals surface area contributed by atoms with E-state index in [0.717, 1.165) is 6.42 Å². The second kappa shape index (κ2) is 5.13. The average Bonchev–Trinajstić information content (AvgIpc) is 1.84. The molecule has 0 amide bonds. The molecule has 12 heavy (non-hydrogen) atoms. The van der Waals surface area contributed by atoms with Crippen molar-refractivity contribution in [2.24, 2.45) is 5.41 Å². The molecule has 0 aliphatic carbocycles. The van der Waals surface area contributed by atoms with E-state index in [1.165, 1.54) is 0 Å². The Morgan fingerprint density at radius 3 is 2.50 bits per heavy atom. The summed E-state index contributed by atoms with van der Waals surface area (Å²) >= 11 is 0. The minimum absolute atomic E-state index is 0.147. The van der Waals surface area contributed by atoms with Crippen LogP contribution in [0.4, 0.5) is 0 Å². The lowest BCUT2D eigenvalue weighted by Gasteiger charge is -2.22. The Morgan fingerprint density at radius 1 is 1.50 bits per heavy atom. The fraction of sp³-hybridized carbons (Fsp3) is 0.889. The van der Waals surface area contributed by atoms with Crippen molar-refractivity contribution in [2.45, 2.75) is 33.3 Å². The molecule has 2 N–H and O–H groups in total. The summed E-state index contributed by atoms with van der Waals surface area (Å²) in [6.07, 6.45) is 0.407. The summed E-state index contributed by atoms with van der Waals surface area (Å²) in [6, 6.07) is 1.96. The molecule has 0 rings (SSSR count). The third-order valence-corrected chi connectivity index (χ3v) is 1.43. The average molecular weight is 170 g/mol. The summed E-state index contributed by atoms with van der Waals surface area (Å²) in [7, 11) is 0. The van der Waals surface area contributed by atoms with Crippen LogP contribution < -0.4 is 5.32 Å². The smallest absolute Gasteiger partial charge is 0.0841 e. The van der Waals surface area contributed by atoms with Crippen LogP contribution in [0.3, 0.4) is 0 Å². The maximum Gasteiger partial charge on any atom is 0.0841 e. The van der Waals surface area contributed by atoms with Crippen LogP contribution >= 0.6 is 0 Å². The largest absolute Gasteiger partial charge is 0.392 e. The quantitative estimate of drug-likeness (QED) is 0.487. The van der Waals surface area contributed by atoms with E-state index in [1.807, 2.05) is 6.07 Å². The lowest BCUT2D eigenvalue weighted by atomic mass is 9.89. The Kier molecular flexibility index (Phi) is 4.87. The van der Waals surface area contributed by atoms with Gasteiger partial charge in [-0.05, 0) is 11.8 Å². The Hall–Kier alpha value is -0.590. The van der Waals surface area contributed by atoms with Gasteiger partial charge >= 0.3 is 0 Å². The first-order chi connectivity index (χ1) is 5.45. The fourth-order valence-electron chi connectivity index (χ4n) is 1.07. The van der Waals surface area contributed by atoms with Gasteiger partial charge < -0.3 is 10.4 Å². The van der Waals surface area contributed by atoms with Crippen molar-refractivity contribution < 1.29 is 5.11 Å². The first-order valence-electron chi connectivity index (χ1n) is 4.21. The molecule has 1 atom stereocenters. The predicted octanol–water partition coefficient (Wildman–Crippen LogP) is 0.897. The lowest BCUT2D eigenvalue weighted by molar-refractivity contribution is 0.121. The van der Waals surface area contributed by atoms with Gasteiger partial charge in [0, 0.05) is 6.54 Å². The van der Waals surface area contributed by atoms with Crippen LogP contribution in [0.5, 0.6) is 0 Å². The van der Waals surface area contributed by atoms with Crippen molar-refractivity contribution in [3.05, 3.63) is 0 Å². The standard InChI is InChI=1S/C9H18N2O/c1-9(2,3)6-8(12)7-11-5-4-10/h8,11-12H,5-7H2,1-3H3. The van der Waals surface area contributed by atoms with Crippen molar-refractivity contribution >= 4 is 0 Å². The van der Waals surface area contributed by atoms with Gasteiger partial charge in [0.15, 0.2) is 0 Å². The van der Waals surface area contributed by atoms with E-state index >= 15 is 0 Å². The molecule has 0 aromatic rings. The first kappa shape index (κ1) is 11.4. The first-order valence-corrected chi connectivity index (χ1v) is 4.21. The maximum absolute atomic E-state index is 9.44. The van der Waals surface area contributed by atoms with Gasteiger partial charge in [-0.2, -0.15) is 5.26 Å². The highest BCUT2D eigenvalue weighted by molar-refractivity contribution is 4.75. The Morgan fingerprint density at radius 2 is 2.08 bits per heavy atom. The van der Waals surface area contributed by atoms with Crippen molar-refractivity contribution in [3.8, 4) is 6.07 Å². The summed E-state index contributed by atoms with van der Waals surface area (Å²) in [5.74, 6) is 0. The monoisotopic (exact) mass is 170 g/mol. The molecule has 1 unspecified atom stereocenters. The van der Waals surface area contributed by atoms with Crippen LogP contribution in [0.25, 0.3) is 0 Å². The third kappa shape index (κ3) is 7.52. The topological polar surface area (TPSA) is 56.0 Å². The van der Waals surface area contributed by atoms with Crippen molar-refractivity contribution in [1.29, 1.82) is 5.26 Å². The summed E-state index contributed by atoms with van der Waals surface area (Å²) in [5.41, 5.74) is 0.147. The number of nitriles is 1. The number of nitrogens with zero attached hydrogens (tertiary/aromatic N) is 1.